The first kappa shape index (κ1) is 16.0. The first-order valence-electron chi connectivity index (χ1n) is 7.46. The van der Waals surface area contributed by atoms with Crippen molar-refractivity contribution >= 4 is 11.4 Å². The third kappa shape index (κ3) is 3.64. The van der Waals surface area contributed by atoms with Gasteiger partial charge in [-0.1, -0.05) is 0 Å². The number of rotatable bonds is 5. The van der Waals surface area contributed by atoms with E-state index in [4.69, 9.17) is 0 Å². The van der Waals surface area contributed by atoms with Gasteiger partial charge in [-0.25, -0.2) is 0 Å². The maximum absolute atomic E-state index is 9.56. The van der Waals surface area contributed by atoms with Gasteiger partial charge in [0.1, 0.15) is 11.5 Å². The lowest BCUT2D eigenvalue weighted by Crippen LogP contribution is -2.16. The third-order valence-corrected chi connectivity index (χ3v) is 3.76. The van der Waals surface area contributed by atoms with Crippen LogP contribution in [0.15, 0.2) is 24.3 Å². The second-order valence-electron chi connectivity index (χ2n) is 5.76. The van der Waals surface area contributed by atoms with Crippen LogP contribution in [0.5, 0.6) is 11.5 Å². The highest BCUT2D eigenvalue weighted by Gasteiger charge is 2.06. The third-order valence-electron chi connectivity index (χ3n) is 3.76. The molecular weight excluding hydrogens is 276 g/mol. The summed E-state index contributed by atoms with van der Waals surface area (Å²) in [5.74, 6) is 0.600. The SMILES string of the molecule is Cc1cc(O)cc(C)c1NCCNc1c(C)cc(O)cc1C. The summed E-state index contributed by atoms with van der Waals surface area (Å²) in [5, 5.41) is 25.9. The summed E-state index contributed by atoms with van der Waals surface area (Å²) in [4.78, 5) is 0. The van der Waals surface area contributed by atoms with Crippen molar-refractivity contribution in [3.8, 4) is 11.5 Å². The molecular formula is C18H24N2O2. The molecule has 0 aliphatic heterocycles. The number of phenolic OH excluding ortho intramolecular Hbond substituents is 2. The number of benzene rings is 2. The monoisotopic (exact) mass is 300 g/mol. The van der Waals surface area contributed by atoms with Crippen LogP contribution in [0.1, 0.15) is 22.3 Å². The Hall–Kier alpha value is -2.36. The van der Waals surface area contributed by atoms with Crippen molar-refractivity contribution in [1.82, 2.24) is 0 Å². The number of anilines is 2. The van der Waals surface area contributed by atoms with E-state index in [1.54, 1.807) is 24.3 Å². The minimum Gasteiger partial charge on any atom is -0.508 e. The molecule has 0 fully saturated rings. The van der Waals surface area contributed by atoms with Gasteiger partial charge in [0, 0.05) is 24.5 Å². The summed E-state index contributed by atoms with van der Waals surface area (Å²) in [6, 6.07) is 7.04. The van der Waals surface area contributed by atoms with E-state index in [9.17, 15) is 10.2 Å². The zero-order valence-electron chi connectivity index (χ0n) is 13.6. The highest BCUT2D eigenvalue weighted by molar-refractivity contribution is 5.61. The molecule has 4 heteroatoms. The van der Waals surface area contributed by atoms with Gasteiger partial charge in [0.2, 0.25) is 0 Å². The van der Waals surface area contributed by atoms with Gasteiger partial charge in [0.05, 0.1) is 0 Å². The van der Waals surface area contributed by atoms with Crippen LogP contribution < -0.4 is 10.6 Å². The molecule has 2 aromatic carbocycles. The summed E-state index contributed by atoms with van der Waals surface area (Å²) in [5.41, 5.74) is 6.28. The van der Waals surface area contributed by atoms with Crippen molar-refractivity contribution in [3.63, 3.8) is 0 Å². The lowest BCUT2D eigenvalue weighted by molar-refractivity contribution is 0.474. The number of phenols is 2. The molecule has 2 aromatic rings. The van der Waals surface area contributed by atoms with E-state index in [0.29, 0.717) is 11.5 Å². The average Bonchev–Trinajstić information content (AvgIpc) is 2.38. The summed E-state index contributed by atoms with van der Waals surface area (Å²) in [7, 11) is 0. The smallest absolute Gasteiger partial charge is 0.116 e. The largest absolute Gasteiger partial charge is 0.508 e. The van der Waals surface area contributed by atoms with E-state index in [-0.39, 0.29) is 0 Å². The summed E-state index contributed by atoms with van der Waals surface area (Å²) in [6.45, 7) is 9.47. The lowest BCUT2D eigenvalue weighted by Gasteiger charge is -2.16. The Labute approximate surface area is 131 Å². The fraction of sp³-hybridized carbons (Fsp3) is 0.333. The molecule has 0 saturated heterocycles. The fourth-order valence-corrected chi connectivity index (χ4v) is 2.81. The van der Waals surface area contributed by atoms with E-state index in [2.05, 4.69) is 10.6 Å². The molecule has 0 heterocycles. The molecule has 4 N–H and O–H groups in total. The molecule has 0 saturated carbocycles. The molecule has 22 heavy (non-hydrogen) atoms. The van der Waals surface area contributed by atoms with Crippen LogP contribution in [0.2, 0.25) is 0 Å². The lowest BCUT2D eigenvalue weighted by atomic mass is 10.1. The standard InChI is InChI=1S/C18H24N2O2/c1-11-7-15(21)8-12(2)17(11)19-5-6-20-18-13(3)9-16(22)10-14(18)4/h7-10,19-22H,5-6H2,1-4H3. The second kappa shape index (κ2) is 6.60. The molecule has 0 amide bonds. The van der Waals surface area contributed by atoms with Crippen LogP contribution >= 0.6 is 0 Å². The molecule has 0 bridgehead atoms. The Balaban J connectivity index is 1.96. The minimum absolute atomic E-state index is 0.300. The van der Waals surface area contributed by atoms with Crippen molar-refractivity contribution in [2.24, 2.45) is 0 Å². The number of hydrogen-bond acceptors (Lipinski definition) is 4. The zero-order valence-corrected chi connectivity index (χ0v) is 13.6. The molecule has 4 nitrogen and oxygen atoms in total. The van der Waals surface area contributed by atoms with E-state index in [0.717, 1.165) is 46.7 Å². The molecule has 118 valence electrons. The Morgan fingerprint density at radius 3 is 1.18 bits per heavy atom. The fourth-order valence-electron chi connectivity index (χ4n) is 2.81. The quantitative estimate of drug-likeness (QED) is 0.500. The highest BCUT2D eigenvalue weighted by atomic mass is 16.3. The van der Waals surface area contributed by atoms with Crippen LogP contribution in [-0.4, -0.2) is 23.3 Å². The molecule has 0 radical (unpaired) electrons. The van der Waals surface area contributed by atoms with E-state index in [1.165, 1.54) is 0 Å². The number of aryl methyl sites for hydroxylation is 4. The van der Waals surface area contributed by atoms with Gasteiger partial charge in [0.15, 0.2) is 0 Å². The summed E-state index contributed by atoms with van der Waals surface area (Å²) < 4.78 is 0. The first-order chi connectivity index (χ1) is 10.4. The molecule has 0 atom stereocenters. The number of aromatic hydroxyl groups is 2. The molecule has 0 unspecified atom stereocenters. The van der Waals surface area contributed by atoms with Gasteiger partial charge in [-0.05, 0) is 74.2 Å². The maximum Gasteiger partial charge on any atom is 0.116 e. The Kier molecular flexibility index (Phi) is 4.81. The normalized spacial score (nSPS) is 10.5. The van der Waals surface area contributed by atoms with Gasteiger partial charge in [-0.15, -0.1) is 0 Å². The average molecular weight is 300 g/mol. The van der Waals surface area contributed by atoms with Gasteiger partial charge < -0.3 is 20.8 Å². The van der Waals surface area contributed by atoms with Gasteiger partial charge in [0.25, 0.3) is 0 Å². The molecule has 0 aliphatic carbocycles. The van der Waals surface area contributed by atoms with Crippen LogP contribution in [0.25, 0.3) is 0 Å². The Morgan fingerprint density at radius 1 is 0.636 bits per heavy atom. The van der Waals surface area contributed by atoms with Crippen molar-refractivity contribution in [2.75, 3.05) is 23.7 Å². The topological polar surface area (TPSA) is 64.5 Å². The van der Waals surface area contributed by atoms with Crippen molar-refractivity contribution in [1.29, 1.82) is 0 Å². The predicted molar refractivity (Wildman–Crippen MR) is 92.1 cm³/mol. The summed E-state index contributed by atoms with van der Waals surface area (Å²) in [6.07, 6.45) is 0. The molecule has 0 aliphatic rings. The highest BCUT2D eigenvalue weighted by Crippen LogP contribution is 2.26. The zero-order chi connectivity index (χ0) is 16.3. The molecule has 0 aromatic heterocycles. The minimum atomic E-state index is 0.300. The van der Waals surface area contributed by atoms with Crippen LogP contribution in [-0.2, 0) is 0 Å². The van der Waals surface area contributed by atoms with Crippen molar-refractivity contribution in [2.45, 2.75) is 27.7 Å². The predicted octanol–water partition coefficient (Wildman–Crippen LogP) is 3.86. The van der Waals surface area contributed by atoms with Gasteiger partial charge in [-0.3, -0.25) is 0 Å². The van der Waals surface area contributed by atoms with Crippen molar-refractivity contribution < 1.29 is 10.2 Å². The Morgan fingerprint density at radius 2 is 0.909 bits per heavy atom. The molecule has 0 spiro atoms. The van der Waals surface area contributed by atoms with Crippen LogP contribution in [0, 0.1) is 27.7 Å². The van der Waals surface area contributed by atoms with Crippen LogP contribution in [0.3, 0.4) is 0 Å². The summed E-state index contributed by atoms with van der Waals surface area (Å²) >= 11 is 0. The maximum atomic E-state index is 9.56. The van der Waals surface area contributed by atoms with Crippen LogP contribution in [0.4, 0.5) is 11.4 Å². The van der Waals surface area contributed by atoms with E-state index >= 15 is 0 Å². The number of nitrogens with one attached hydrogen (secondary N) is 2. The Bertz CT molecular complexity index is 575. The molecule has 2 rings (SSSR count). The van der Waals surface area contributed by atoms with Crippen molar-refractivity contribution in [3.05, 3.63) is 46.5 Å². The number of hydrogen-bond donors (Lipinski definition) is 4. The van der Waals surface area contributed by atoms with Gasteiger partial charge >= 0.3 is 0 Å². The van der Waals surface area contributed by atoms with E-state index in [1.807, 2.05) is 27.7 Å². The van der Waals surface area contributed by atoms with E-state index < -0.39 is 0 Å². The first-order valence-corrected chi connectivity index (χ1v) is 7.46. The van der Waals surface area contributed by atoms with Gasteiger partial charge in [-0.2, -0.15) is 0 Å². The second-order valence-corrected chi connectivity index (χ2v) is 5.76.